The zero-order valence-electron chi connectivity index (χ0n) is 15.4. The number of aryl methyl sites for hydroxylation is 1. The van der Waals surface area contributed by atoms with E-state index in [1.165, 1.54) is 7.05 Å². The van der Waals surface area contributed by atoms with Crippen LogP contribution in [-0.2, 0) is 14.3 Å². The summed E-state index contributed by atoms with van der Waals surface area (Å²) >= 11 is 0. The van der Waals surface area contributed by atoms with Crippen LogP contribution in [0.3, 0.4) is 0 Å². The Bertz CT molecular complexity index is 817. The van der Waals surface area contributed by atoms with E-state index in [1.54, 1.807) is 43.3 Å². The van der Waals surface area contributed by atoms with Crippen LogP contribution in [0.5, 0.6) is 5.75 Å². The molecular formula is C20H22N2O5. The van der Waals surface area contributed by atoms with Crippen LogP contribution in [0.2, 0.25) is 0 Å². The Balaban J connectivity index is 1.80. The Morgan fingerprint density at radius 2 is 1.78 bits per heavy atom. The minimum Gasteiger partial charge on any atom is -0.479 e. The van der Waals surface area contributed by atoms with Gasteiger partial charge in [-0.25, -0.2) is 4.79 Å². The third kappa shape index (κ3) is 6.14. The molecule has 2 aromatic carbocycles. The third-order valence-corrected chi connectivity index (χ3v) is 3.64. The van der Waals surface area contributed by atoms with Crippen molar-refractivity contribution in [3.8, 4) is 5.75 Å². The quantitative estimate of drug-likeness (QED) is 0.730. The van der Waals surface area contributed by atoms with Crippen molar-refractivity contribution in [2.75, 3.05) is 19.0 Å². The van der Waals surface area contributed by atoms with Crippen LogP contribution in [0, 0.1) is 6.92 Å². The van der Waals surface area contributed by atoms with Crippen LogP contribution < -0.4 is 15.4 Å². The molecule has 0 bridgehead atoms. The number of nitrogens with one attached hydrogen (secondary N) is 2. The van der Waals surface area contributed by atoms with Crippen LogP contribution in [0.15, 0.2) is 48.5 Å². The lowest BCUT2D eigenvalue weighted by molar-refractivity contribution is -0.153. The molecule has 7 heteroatoms. The van der Waals surface area contributed by atoms with Gasteiger partial charge in [-0.3, -0.25) is 9.59 Å². The highest BCUT2D eigenvalue weighted by Crippen LogP contribution is 2.14. The third-order valence-electron chi connectivity index (χ3n) is 3.64. The first-order chi connectivity index (χ1) is 12.9. The number of carbonyl (C=O) groups excluding carboxylic acids is 3. The van der Waals surface area contributed by atoms with E-state index in [1.807, 2.05) is 19.1 Å². The zero-order chi connectivity index (χ0) is 19.8. The second-order valence-corrected chi connectivity index (χ2v) is 5.89. The van der Waals surface area contributed by atoms with Crippen molar-refractivity contribution in [2.24, 2.45) is 0 Å². The van der Waals surface area contributed by atoms with Crippen LogP contribution in [0.4, 0.5) is 5.69 Å². The number of amides is 2. The highest BCUT2D eigenvalue weighted by molar-refractivity contribution is 5.96. The standard InChI is InChI=1S/C20H22N2O5/c1-13-5-4-6-17(11-13)27-14(2)20(25)26-12-18(23)22-16-9-7-15(8-10-16)19(24)21-3/h4-11,14H,12H2,1-3H3,(H,21,24)(H,22,23)/t14-/m0/s1. The Labute approximate surface area is 157 Å². The maximum absolute atomic E-state index is 12.0. The number of benzene rings is 2. The second-order valence-electron chi connectivity index (χ2n) is 5.89. The minimum absolute atomic E-state index is 0.218. The van der Waals surface area contributed by atoms with Gasteiger partial charge in [0.05, 0.1) is 0 Å². The monoisotopic (exact) mass is 370 g/mol. The molecule has 0 fully saturated rings. The first-order valence-electron chi connectivity index (χ1n) is 8.41. The molecule has 0 saturated heterocycles. The molecule has 0 saturated carbocycles. The molecule has 0 aliphatic carbocycles. The molecule has 7 nitrogen and oxygen atoms in total. The van der Waals surface area contributed by atoms with Gasteiger partial charge in [0.1, 0.15) is 5.75 Å². The molecule has 2 N–H and O–H groups in total. The lowest BCUT2D eigenvalue weighted by Gasteiger charge is -2.14. The van der Waals surface area contributed by atoms with Crippen molar-refractivity contribution in [3.05, 3.63) is 59.7 Å². The Hall–Kier alpha value is -3.35. The van der Waals surface area contributed by atoms with E-state index in [9.17, 15) is 14.4 Å². The highest BCUT2D eigenvalue weighted by atomic mass is 16.6. The molecule has 2 aromatic rings. The van der Waals surface area contributed by atoms with Gasteiger partial charge in [-0.15, -0.1) is 0 Å². The zero-order valence-corrected chi connectivity index (χ0v) is 15.4. The van der Waals surface area contributed by atoms with E-state index in [-0.39, 0.29) is 5.91 Å². The average molecular weight is 370 g/mol. The summed E-state index contributed by atoms with van der Waals surface area (Å²) < 4.78 is 10.5. The van der Waals surface area contributed by atoms with Gasteiger partial charge in [0, 0.05) is 18.3 Å². The predicted octanol–water partition coefficient (Wildman–Crippen LogP) is 2.30. The molecule has 2 amide bonds. The van der Waals surface area contributed by atoms with E-state index in [0.717, 1.165) is 5.56 Å². The number of esters is 1. The van der Waals surface area contributed by atoms with E-state index in [2.05, 4.69) is 10.6 Å². The van der Waals surface area contributed by atoms with Crippen LogP contribution in [0.1, 0.15) is 22.8 Å². The van der Waals surface area contributed by atoms with Crippen LogP contribution in [0.25, 0.3) is 0 Å². The maximum Gasteiger partial charge on any atom is 0.347 e. The first-order valence-corrected chi connectivity index (χ1v) is 8.41. The van der Waals surface area contributed by atoms with Crippen LogP contribution in [-0.4, -0.2) is 37.5 Å². The number of ether oxygens (including phenoxy) is 2. The summed E-state index contributed by atoms with van der Waals surface area (Å²) in [5, 5.41) is 5.10. The minimum atomic E-state index is -0.841. The normalized spacial score (nSPS) is 11.2. The number of hydrogen-bond donors (Lipinski definition) is 2. The fraction of sp³-hybridized carbons (Fsp3) is 0.250. The number of anilines is 1. The van der Waals surface area contributed by atoms with Crippen molar-refractivity contribution < 1.29 is 23.9 Å². The molecule has 142 valence electrons. The molecule has 0 heterocycles. The van der Waals surface area contributed by atoms with Crippen molar-refractivity contribution in [3.63, 3.8) is 0 Å². The van der Waals surface area contributed by atoms with Gasteiger partial charge in [-0.2, -0.15) is 0 Å². The van der Waals surface area contributed by atoms with Crippen molar-refractivity contribution in [1.29, 1.82) is 0 Å². The summed E-state index contributed by atoms with van der Waals surface area (Å²) in [5.74, 6) is -0.787. The highest BCUT2D eigenvalue weighted by Gasteiger charge is 2.18. The summed E-state index contributed by atoms with van der Waals surface area (Å²) in [6.07, 6.45) is -0.841. The van der Waals surface area contributed by atoms with Crippen molar-refractivity contribution in [1.82, 2.24) is 5.32 Å². The molecule has 1 atom stereocenters. The second kappa shape index (κ2) is 9.38. The molecule has 0 aliphatic heterocycles. The van der Waals surface area contributed by atoms with Gasteiger partial charge in [0.15, 0.2) is 12.7 Å². The Morgan fingerprint density at radius 1 is 1.07 bits per heavy atom. The fourth-order valence-electron chi connectivity index (χ4n) is 2.24. The predicted molar refractivity (Wildman–Crippen MR) is 101 cm³/mol. The van der Waals surface area contributed by atoms with Gasteiger partial charge in [-0.05, 0) is 55.8 Å². The van der Waals surface area contributed by atoms with E-state index >= 15 is 0 Å². The SMILES string of the molecule is CNC(=O)c1ccc(NC(=O)COC(=O)[C@H](C)Oc2cccc(C)c2)cc1. The van der Waals surface area contributed by atoms with Gasteiger partial charge in [0.25, 0.3) is 11.8 Å². The summed E-state index contributed by atoms with van der Waals surface area (Å²) in [5.41, 5.74) is 1.98. The number of rotatable bonds is 7. The molecule has 0 unspecified atom stereocenters. The van der Waals surface area contributed by atoms with Gasteiger partial charge in [-0.1, -0.05) is 12.1 Å². The summed E-state index contributed by atoms with van der Waals surface area (Å²) in [4.78, 5) is 35.3. The largest absolute Gasteiger partial charge is 0.479 e. The maximum atomic E-state index is 12.0. The van der Waals surface area contributed by atoms with E-state index in [0.29, 0.717) is 17.0 Å². The Kier molecular flexibility index (Phi) is 6.93. The van der Waals surface area contributed by atoms with Crippen molar-refractivity contribution >= 4 is 23.5 Å². The molecule has 27 heavy (non-hydrogen) atoms. The molecule has 0 radical (unpaired) electrons. The Morgan fingerprint density at radius 3 is 2.41 bits per heavy atom. The molecule has 0 spiro atoms. The first kappa shape index (κ1) is 20.0. The van der Waals surface area contributed by atoms with E-state index < -0.39 is 24.6 Å². The fourth-order valence-corrected chi connectivity index (χ4v) is 2.24. The lowest BCUT2D eigenvalue weighted by atomic mass is 10.2. The molecule has 0 aliphatic rings. The average Bonchev–Trinajstić information content (AvgIpc) is 2.66. The van der Waals surface area contributed by atoms with Gasteiger partial charge < -0.3 is 20.1 Å². The lowest BCUT2D eigenvalue weighted by Crippen LogP contribution is -2.29. The van der Waals surface area contributed by atoms with Crippen LogP contribution >= 0.6 is 0 Å². The van der Waals surface area contributed by atoms with Gasteiger partial charge >= 0.3 is 5.97 Å². The topological polar surface area (TPSA) is 93.7 Å². The summed E-state index contributed by atoms with van der Waals surface area (Å²) in [7, 11) is 1.54. The summed E-state index contributed by atoms with van der Waals surface area (Å²) in [6, 6.07) is 13.6. The number of carbonyl (C=O) groups is 3. The summed E-state index contributed by atoms with van der Waals surface area (Å²) in [6.45, 7) is 3.04. The van der Waals surface area contributed by atoms with Gasteiger partial charge in [0.2, 0.25) is 0 Å². The smallest absolute Gasteiger partial charge is 0.347 e. The number of hydrogen-bond acceptors (Lipinski definition) is 5. The molecular weight excluding hydrogens is 348 g/mol. The van der Waals surface area contributed by atoms with Crippen molar-refractivity contribution in [2.45, 2.75) is 20.0 Å². The molecule has 0 aromatic heterocycles. The van der Waals surface area contributed by atoms with E-state index in [4.69, 9.17) is 9.47 Å². The molecule has 2 rings (SSSR count).